The predicted molar refractivity (Wildman–Crippen MR) is 58.9 cm³/mol. The second-order valence-corrected chi connectivity index (χ2v) is 3.39. The third kappa shape index (κ3) is 3.90. The normalized spacial score (nSPS) is 12.5. The zero-order valence-corrected chi connectivity index (χ0v) is 9.27. The van der Waals surface area contributed by atoms with Gasteiger partial charge in [0.25, 0.3) is 0 Å². The van der Waals surface area contributed by atoms with E-state index in [4.69, 9.17) is 9.47 Å². The highest BCUT2D eigenvalue weighted by Crippen LogP contribution is 2.17. The van der Waals surface area contributed by atoms with E-state index >= 15 is 0 Å². The number of hydrogen-bond donors (Lipinski definition) is 1. The van der Waals surface area contributed by atoms with Crippen LogP contribution >= 0.6 is 0 Å². The summed E-state index contributed by atoms with van der Waals surface area (Å²) in [6.45, 7) is 2.77. The van der Waals surface area contributed by atoms with Crippen LogP contribution in [0.4, 0.5) is 0 Å². The molecule has 0 amide bonds. The summed E-state index contributed by atoms with van der Waals surface area (Å²) in [5.41, 5.74) is 1.00. The van der Waals surface area contributed by atoms with Crippen LogP contribution in [0.1, 0.15) is 18.9 Å². The summed E-state index contributed by atoms with van der Waals surface area (Å²) >= 11 is 0. The molecule has 1 aromatic rings. The Bertz CT molecular complexity index is 286. The third-order valence-corrected chi connectivity index (χ3v) is 2.23. The van der Waals surface area contributed by atoms with E-state index in [0.29, 0.717) is 19.6 Å². The van der Waals surface area contributed by atoms with Crippen LogP contribution < -0.4 is 4.74 Å². The zero-order valence-electron chi connectivity index (χ0n) is 9.27. The molecule has 0 bridgehead atoms. The summed E-state index contributed by atoms with van der Waals surface area (Å²) in [7, 11) is 1.64. The fourth-order valence-electron chi connectivity index (χ4n) is 1.24. The average molecular weight is 210 g/mol. The SMILES string of the molecule is CCC(O)COCc1ccccc1OC. The van der Waals surface area contributed by atoms with Gasteiger partial charge < -0.3 is 14.6 Å². The zero-order chi connectivity index (χ0) is 11.1. The molecule has 84 valence electrons. The van der Waals surface area contributed by atoms with Crippen molar-refractivity contribution in [1.82, 2.24) is 0 Å². The largest absolute Gasteiger partial charge is 0.496 e. The monoisotopic (exact) mass is 210 g/mol. The number of aliphatic hydroxyl groups is 1. The van der Waals surface area contributed by atoms with Crippen molar-refractivity contribution in [2.45, 2.75) is 26.1 Å². The van der Waals surface area contributed by atoms with E-state index in [9.17, 15) is 5.11 Å². The molecule has 3 nitrogen and oxygen atoms in total. The topological polar surface area (TPSA) is 38.7 Å². The van der Waals surface area contributed by atoms with Gasteiger partial charge in [0.05, 0.1) is 26.4 Å². The third-order valence-electron chi connectivity index (χ3n) is 2.23. The smallest absolute Gasteiger partial charge is 0.124 e. The van der Waals surface area contributed by atoms with E-state index < -0.39 is 0 Å². The van der Waals surface area contributed by atoms with Crippen LogP contribution in [0.5, 0.6) is 5.75 Å². The average Bonchev–Trinajstić information content (AvgIpc) is 2.29. The van der Waals surface area contributed by atoms with Gasteiger partial charge in [-0.2, -0.15) is 0 Å². The van der Waals surface area contributed by atoms with Gasteiger partial charge in [-0.25, -0.2) is 0 Å². The first-order valence-electron chi connectivity index (χ1n) is 5.15. The molecular weight excluding hydrogens is 192 g/mol. The number of benzene rings is 1. The highest BCUT2D eigenvalue weighted by Gasteiger charge is 2.04. The molecule has 15 heavy (non-hydrogen) atoms. The molecule has 1 unspecified atom stereocenters. The van der Waals surface area contributed by atoms with Gasteiger partial charge in [0.2, 0.25) is 0 Å². The molecular formula is C12H18O3. The lowest BCUT2D eigenvalue weighted by molar-refractivity contribution is 0.0263. The number of rotatable bonds is 6. The molecule has 0 aromatic heterocycles. The van der Waals surface area contributed by atoms with Crippen LogP contribution in [0.15, 0.2) is 24.3 Å². The lowest BCUT2D eigenvalue weighted by Gasteiger charge is -2.11. The standard InChI is InChI=1S/C12H18O3/c1-3-11(13)9-15-8-10-6-4-5-7-12(10)14-2/h4-7,11,13H,3,8-9H2,1-2H3. The Morgan fingerprint density at radius 2 is 2.07 bits per heavy atom. The van der Waals surface area contributed by atoms with Crippen LogP contribution in [-0.2, 0) is 11.3 Å². The van der Waals surface area contributed by atoms with Crippen LogP contribution in [0.25, 0.3) is 0 Å². The van der Waals surface area contributed by atoms with Crippen molar-refractivity contribution < 1.29 is 14.6 Å². The maximum absolute atomic E-state index is 9.31. The number of aliphatic hydroxyl groups excluding tert-OH is 1. The van der Waals surface area contributed by atoms with E-state index in [1.165, 1.54) is 0 Å². The van der Waals surface area contributed by atoms with Gasteiger partial charge in [0.1, 0.15) is 5.75 Å². The number of ether oxygens (including phenoxy) is 2. The fraction of sp³-hybridized carbons (Fsp3) is 0.500. The van der Waals surface area contributed by atoms with E-state index in [1.807, 2.05) is 31.2 Å². The highest BCUT2D eigenvalue weighted by atomic mass is 16.5. The molecule has 0 saturated heterocycles. The van der Waals surface area contributed by atoms with Gasteiger partial charge in [0, 0.05) is 5.56 Å². The van der Waals surface area contributed by atoms with Crippen molar-refractivity contribution in [2.24, 2.45) is 0 Å². The minimum absolute atomic E-state index is 0.370. The summed E-state index contributed by atoms with van der Waals surface area (Å²) in [6.07, 6.45) is 0.339. The van der Waals surface area contributed by atoms with Gasteiger partial charge in [-0.1, -0.05) is 25.1 Å². The molecule has 1 atom stereocenters. The highest BCUT2D eigenvalue weighted by molar-refractivity contribution is 5.32. The molecule has 1 N–H and O–H groups in total. The van der Waals surface area contributed by atoms with E-state index in [0.717, 1.165) is 11.3 Å². The summed E-state index contributed by atoms with van der Waals surface area (Å²) < 4.78 is 10.6. The minimum atomic E-state index is -0.375. The Morgan fingerprint density at radius 1 is 1.33 bits per heavy atom. The van der Waals surface area contributed by atoms with Gasteiger partial charge in [-0.3, -0.25) is 0 Å². The fourth-order valence-corrected chi connectivity index (χ4v) is 1.24. The molecule has 1 aromatic carbocycles. The Kier molecular flexibility index (Phi) is 5.15. The van der Waals surface area contributed by atoms with Crippen molar-refractivity contribution in [3.63, 3.8) is 0 Å². The van der Waals surface area contributed by atoms with Crippen molar-refractivity contribution in [3.8, 4) is 5.75 Å². The second-order valence-electron chi connectivity index (χ2n) is 3.39. The summed E-state index contributed by atoms with van der Waals surface area (Å²) in [5.74, 6) is 0.823. The van der Waals surface area contributed by atoms with Crippen molar-refractivity contribution in [3.05, 3.63) is 29.8 Å². The lowest BCUT2D eigenvalue weighted by atomic mass is 10.2. The number of hydrogen-bond acceptors (Lipinski definition) is 3. The minimum Gasteiger partial charge on any atom is -0.496 e. The lowest BCUT2D eigenvalue weighted by Crippen LogP contribution is -2.13. The maximum atomic E-state index is 9.31. The molecule has 0 aliphatic heterocycles. The van der Waals surface area contributed by atoms with Crippen molar-refractivity contribution in [1.29, 1.82) is 0 Å². The van der Waals surface area contributed by atoms with Gasteiger partial charge in [-0.05, 0) is 12.5 Å². The van der Waals surface area contributed by atoms with Gasteiger partial charge in [-0.15, -0.1) is 0 Å². The molecule has 0 radical (unpaired) electrons. The predicted octanol–water partition coefficient (Wildman–Crippen LogP) is 1.98. The summed E-state index contributed by atoms with van der Waals surface area (Å²) in [5, 5.41) is 9.31. The molecule has 1 rings (SSSR count). The molecule has 0 heterocycles. The van der Waals surface area contributed by atoms with Crippen LogP contribution in [0, 0.1) is 0 Å². The van der Waals surface area contributed by atoms with Crippen LogP contribution in [0.2, 0.25) is 0 Å². The van der Waals surface area contributed by atoms with E-state index in [1.54, 1.807) is 7.11 Å². The Labute approximate surface area is 90.6 Å². The van der Waals surface area contributed by atoms with Crippen molar-refractivity contribution in [2.75, 3.05) is 13.7 Å². The first kappa shape index (κ1) is 12.0. The van der Waals surface area contributed by atoms with E-state index in [-0.39, 0.29) is 6.10 Å². The molecule has 0 aliphatic rings. The maximum Gasteiger partial charge on any atom is 0.124 e. The Hall–Kier alpha value is -1.06. The number of methoxy groups -OCH3 is 1. The first-order valence-corrected chi connectivity index (χ1v) is 5.15. The summed E-state index contributed by atoms with van der Waals surface area (Å²) in [4.78, 5) is 0. The Morgan fingerprint density at radius 3 is 2.73 bits per heavy atom. The van der Waals surface area contributed by atoms with Gasteiger partial charge in [0.15, 0.2) is 0 Å². The van der Waals surface area contributed by atoms with Crippen LogP contribution in [-0.4, -0.2) is 24.9 Å². The number of para-hydroxylation sites is 1. The van der Waals surface area contributed by atoms with E-state index in [2.05, 4.69) is 0 Å². The first-order chi connectivity index (χ1) is 7.27. The molecule has 0 fully saturated rings. The molecule has 3 heteroatoms. The van der Waals surface area contributed by atoms with Crippen LogP contribution in [0.3, 0.4) is 0 Å². The quantitative estimate of drug-likeness (QED) is 0.780. The summed E-state index contributed by atoms with van der Waals surface area (Å²) in [6, 6.07) is 7.72. The molecule has 0 spiro atoms. The second kappa shape index (κ2) is 6.43. The molecule has 0 saturated carbocycles. The van der Waals surface area contributed by atoms with Crippen molar-refractivity contribution >= 4 is 0 Å². The Balaban J connectivity index is 2.43. The molecule has 0 aliphatic carbocycles. The van der Waals surface area contributed by atoms with Gasteiger partial charge >= 0.3 is 0 Å².